The molecule has 0 radical (unpaired) electrons. The Kier molecular flexibility index (Phi) is 4.95. The summed E-state index contributed by atoms with van der Waals surface area (Å²) >= 11 is 3.32. The molecule has 7 heteroatoms. The quantitative estimate of drug-likeness (QED) is 0.754. The first kappa shape index (κ1) is 15.9. The summed E-state index contributed by atoms with van der Waals surface area (Å²) in [5.41, 5.74) is 0. The van der Waals surface area contributed by atoms with Gasteiger partial charge in [-0.1, -0.05) is 13.0 Å². The van der Waals surface area contributed by atoms with Gasteiger partial charge in [0.2, 0.25) is 5.88 Å². The molecule has 5 nitrogen and oxygen atoms in total. The van der Waals surface area contributed by atoms with E-state index in [0.717, 1.165) is 19.1 Å². The summed E-state index contributed by atoms with van der Waals surface area (Å²) in [7, 11) is -3.26. The van der Waals surface area contributed by atoms with Crippen LogP contribution in [0.15, 0.2) is 39.8 Å². The Hall–Kier alpha value is -1.47. The number of hydrogen-bond donors (Lipinski definition) is 0. The predicted molar refractivity (Wildman–Crippen MR) is 83.4 cm³/mol. The largest absolute Gasteiger partial charge is 0.439 e. The van der Waals surface area contributed by atoms with Gasteiger partial charge in [-0.05, 0) is 40.5 Å². The molecule has 2 rings (SSSR count). The number of sulfone groups is 1. The van der Waals surface area contributed by atoms with Gasteiger partial charge in [0.25, 0.3) is 0 Å². The molecule has 21 heavy (non-hydrogen) atoms. The molecule has 0 aliphatic heterocycles. The summed E-state index contributed by atoms with van der Waals surface area (Å²) in [6.07, 6.45) is 2.84. The topological polar surface area (TPSA) is 69.2 Å². The summed E-state index contributed by atoms with van der Waals surface area (Å²) < 4.78 is 29.4. The number of aromatic nitrogens is 2. The average Bonchev–Trinajstić information content (AvgIpc) is 2.37. The summed E-state index contributed by atoms with van der Waals surface area (Å²) in [5, 5.41) is 0. The highest BCUT2D eigenvalue weighted by molar-refractivity contribution is 9.10. The van der Waals surface area contributed by atoms with Crippen LogP contribution in [0.2, 0.25) is 0 Å². The monoisotopic (exact) mass is 370 g/mol. The Balaban J connectivity index is 2.30. The van der Waals surface area contributed by atoms with Crippen molar-refractivity contribution < 1.29 is 13.2 Å². The van der Waals surface area contributed by atoms with Crippen LogP contribution in [0, 0.1) is 0 Å². The van der Waals surface area contributed by atoms with E-state index in [1.54, 1.807) is 18.2 Å². The number of benzene rings is 1. The van der Waals surface area contributed by atoms with Gasteiger partial charge in [0.1, 0.15) is 16.2 Å². The third kappa shape index (κ3) is 4.50. The second-order valence-electron chi connectivity index (χ2n) is 4.54. The summed E-state index contributed by atoms with van der Waals surface area (Å²) in [6, 6.07) is 7.97. The van der Waals surface area contributed by atoms with Crippen LogP contribution in [0.1, 0.15) is 19.2 Å². The van der Waals surface area contributed by atoms with Crippen LogP contribution in [0.25, 0.3) is 0 Å². The Morgan fingerprint density at radius 1 is 1.24 bits per heavy atom. The van der Waals surface area contributed by atoms with E-state index < -0.39 is 9.84 Å². The van der Waals surface area contributed by atoms with Crippen LogP contribution in [0.4, 0.5) is 0 Å². The SMILES string of the molecule is CCCc1nc(Br)cc(Oc2cccc(S(C)(=O)=O)c2)n1. The van der Waals surface area contributed by atoms with Crippen LogP contribution >= 0.6 is 15.9 Å². The second kappa shape index (κ2) is 6.53. The number of ether oxygens (including phenoxy) is 1. The van der Waals surface area contributed by atoms with Crippen LogP contribution in [0.5, 0.6) is 11.6 Å². The van der Waals surface area contributed by atoms with Crippen molar-refractivity contribution in [2.24, 2.45) is 0 Å². The maximum Gasteiger partial charge on any atom is 0.223 e. The zero-order valence-corrected chi connectivity index (χ0v) is 14.1. The predicted octanol–water partition coefficient (Wildman–Crippen LogP) is 3.39. The molecule has 0 aliphatic rings. The van der Waals surface area contributed by atoms with Crippen LogP contribution in [-0.4, -0.2) is 24.6 Å². The molecule has 112 valence electrons. The summed E-state index contributed by atoms with van der Waals surface area (Å²) in [4.78, 5) is 8.76. The molecular formula is C14H15BrN2O3S. The molecule has 0 fully saturated rings. The van der Waals surface area contributed by atoms with Crippen LogP contribution in [0.3, 0.4) is 0 Å². The first-order valence-electron chi connectivity index (χ1n) is 6.40. The summed E-state index contributed by atoms with van der Waals surface area (Å²) in [6.45, 7) is 2.04. The van der Waals surface area contributed by atoms with Crippen molar-refractivity contribution in [1.82, 2.24) is 9.97 Å². The molecule has 2 aromatic rings. The van der Waals surface area contributed by atoms with E-state index in [1.807, 2.05) is 6.92 Å². The highest BCUT2D eigenvalue weighted by atomic mass is 79.9. The number of hydrogen-bond acceptors (Lipinski definition) is 5. The molecule has 0 bridgehead atoms. The molecule has 0 unspecified atom stereocenters. The van der Waals surface area contributed by atoms with Gasteiger partial charge in [-0.15, -0.1) is 0 Å². The van der Waals surface area contributed by atoms with Gasteiger partial charge in [-0.3, -0.25) is 0 Å². The van der Waals surface area contributed by atoms with E-state index in [1.165, 1.54) is 12.1 Å². The molecule has 0 saturated carbocycles. The van der Waals surface area contributed by atoms with E-state index in [0.29, 0.717) is 22.1 Å². The third-order valence-electron chi connectivity index (χ3n) is 2.65. The standard InChI is InChI=1S/C14H15BrN2O3S/c1-3-5-13-16-12(15)9-14(17-13)20-10-6-4-7-11(8-10)21(2,18)19/h4,6-9H,3,5H2,1-2H3. The van der Waals surface area contributed by atoms with Gasteiger partial charge in [-0.2, -0.15) is 4.98 Å². The Bertz CT molecular complexity index is 748. The Labute approximate surface area is 132 Å². The lowest BCUT2D eigenvalue weighted by molar-refractivity contribution is 0.456. The summed E-state index contributed by atoms with van der Waals surface area (Å²) in [5.74, 6) is 1.48. The number of halogens is 1. The molecule has 0 aliphatic carbocycles. The normalized spacial score (nSPS) is 11.4. The van der Waals surface area contributed by atoms with Crippen molar-refractivity contribution in [3.63, 3.8) is 0 Å². The van der Waals surface area contributed by atoms with Gasteiger partial charge >= 0.3 is 0 Å². The van der Waals surface area contributed by atoms with E-state index >= 15 is 0 Å². The fraction of sp³-hybridized carbons (Fsp3) is 0.286. The molecule has 1 aromatic carbocycles. The fourth-order valence-electron chi connectivity index (χ4n) is 1.72. The number of nitrogens with zero attached hydrogens (tertiary/aromatic N) is 2. The van der Waals surface area contributed by atoms with Gasteiger partial charge in [0, 0.05) is 18.7 Å². The lowest BCUT2D eigenvalue weighted by Gasteiger charge is -2.08. The van der Waals surface area contributed by atoms with E-state index in [2.05, 4.69) is 25.9 Å². The smallest absolute Gasteiger partial charge is 0.223 e. The second-order valence-corrected chi connectivity index (χ2v) is 7.37. The zero-order chi connectivity index (χ0) is 15.5. The number of aryl methyl sites for hydroxylation is 1. The van der Waals surface area contributed by atoms with Crippen molar-refractivity contribution in [1.29, 1.82) is 0 Å². The van der Waals surface area contributed by atoms with Gasteiger partial charge in [-0.25, -0.2) is 13.4 Å². The van der Waals surface area contributed by atoms with Crippen molar-refractivity contribution in [3.05, 3.63) is 40.8 Å². The minimum atomic E-state index is -3.26. The van der Waals surface area contributed by atoms with Crippen molar-refractivity contribution in [3.8, 4) is 11.6 Å². The van der Waals surface area contributed by atoms with E-state index in [9.17, 15) is 8.42 Å². The van der Waals surface area contributed by atoms with Crippen LogP contribution in [-0.2, 0) is 16.3 Å². The van der Waals surface area contributed by atoms with Crippen molar-refractivity contribution >= 4 is 25.8 Å². The Morgan fingerprint density at radius 3 is 2.67 bits per heavy atom. The number of rotatable bonds is 5. The average molecular weight is 371 g/mol. The minimum Gasteiger partial charge on any atom is -0.439 e. The van der Waals surface area contributed by atoms with Gasteiger partial charge < -0.3 is 4.74 Å². The fourth-order valence-corrected chi connectivity index (χ4v) is 2.78. The molecule has 0 N–H and O–H groups in total. The molecule has 1 aromatic heterocycles. The van der Waals surface area contributed by atoms with Gasteiger partial charge in [0.05, 0.1) is 4.90 Å². The van der Waals surface area contributed by atoms with Gasteiger partial charge in [0.15, 0.2) is 9.84 Å². The third-order valence-corrected chi connectivity index (χ3v) is 4.16. The molecule has 1 heterocycles. The molecule has 0 atom stereocenters. The highest BCUT2D eigenvalue weighted by Crippen LogP contribution is 2.24. The lowest BCUT2D eigenvalue weighted by Crippen LogP contribution is -1.99. The molecule has 0 saturated heterocycles. The van der Waals surface area contributed by atoms with E-state index in [4.69, 9.17) is 4.74 Å². The molecule has 0 spiro atoms. The first-order chi connectivity index (χ1) is 9.88. The van der Waals surface area contributed by atoms with Crippen molar-refractivity contribution in [2.75, 3.05) is 6.26 Å². The highest BCUT2D eigenvalue weighted by Gasteiger charge is 2.10. The Morgan fingerprint density at radius 2 is 2.00 bits per heavy atom. The zero-order valence-electron chi connectivity index (χ0n) is 11.7. The minimum absolute atomic E-state index is 0.210. The maximum atomic E-state index is 11.5. The van der Waals surface area contributed by atoms with Crippen LogP contribution < -0.4 is 4.74 Å². The molecular weight excluding hydrogens is 356 g/mol. The van der Waals surface area contributed by atoms with Crippen molar-refractivity contribution in [2.45, 2.75) is 24.7 Å². The lowest BCUT2D eigenvalue weighted by atomic mass is 10.3. The van der Waals surface area contributed by atoms with E-state index in [-0.39, 0.29) is 4.90 Å². The first-order valence-corrected chi connectivity index (χ1v) is 9.08. The molecule has 0 amide bonds. The maximum absolute atomic E-state index is 11.5.